The molecule has 0 spiro atoms. The van der Waals surface area contributed by atoms with E-state index in [9.17, 15) is 9.59 Å². The second kappa shape index (κ2) is 15.8. The van der Waals surface area contributed by atoms with E-state index < -0.39 is 0 Å². The largest absolute Gasteiger partial charge is 0.497 e. The van der Waals surface area contributed by atoms with Gasteiger partial charge >= 0.3 is 5.69 Å². The molecule has 226 valence electrons. The zero-order valence-electron chi connectivity index (χ0n) is 25.7. The lowest BCUT2D eigenvalue weighted by Crippen LogP contribution is -2.39. The van der Waals surface area contributed by atoms with E-state index in [1.54, 1.807) is 14.2 Å². The topological polar surface area (TPSA) is 74.3 Å². The molecule has 0 atom stereocenters. The number of aromatic nitrogens is 4. The lowest BCUT2D eigenvalue weighted by Gasteiger charge is -2.16. The van der Waals surface area contributed by atoms with Gasteiger partial charge in [0, 0.05) is 32.4 Å². The lowest BCUT2D eigenvalue weighted by atomic mass is 10.0. The zero-order chi connectivity index (χ0) is 29.0. The summed E-state index contributed by atoms with van der Waals surface area (Å²) in [5.41, 5.74) is 1.46. The van der Waals surface area contributed by atoms with Gasteiger partial charge in [0.25, 0.3) is 5.56 Å². The number of hydrogen-bond donors (Lipinski definition) is 0. The Hall–Kier alpha value is -3.03. The molecule has 1 aromatic carbocycles. The molecular weight excluding hydrogens is 514 g/mol. The van der Waals surface area contributed by atoms with Gasteiger partial charge in [0.05, 0.1) is 7.11 Å². The highest BCUT2D eigenvalue weighted by atomic mass is 16.5. The standard InChI is InChI=1S/C33H51N5O3/c1-4-5-6-7-8-9-10-11-12-13-14-15-16-17-18-19-24-38-31(39)29-30(35(2)33(38)40)34-32-36(25-26-37(29)32)27-20-22-28(41-3)23-21-27/h20-23H,4-19,24-26H2,1-3H3. The summed E-state index contributed by atoms with van der Waals surface area (Å²) >= 11 is 0. The summed E-state index contributed by atoms with van der Waals surface area (Å²) in [6.45, 7) is 4.12. The van der Waals surface area contributed by atoms with Gasteiger partial charge in [-0.1, -0.05) is 103 Å². The van der Waals surface area contributed by atoms with Gasteiger partial charge < -0.3 is 14.2 Å². The average Bonchev–Trinajstić information content (AvgIpc) is 3.57. The molecule has 0 N–H and O–H groups in total. The van der Waals surface area contributed by atoms with Gasteiger partial charge in [-0.3, -0.25) is 13.9 Å². The van der Waals surface area contributed by atoms with Crippen LogP contribution in [-0.4, -0.2) is 32.3 Å². The Labute approximate surface area is 245 Å². The third-order valence-corrected chi connectivity index (χ3v) is 8.62. The average molecular weight is 566 g/mol. The van der Waals surface area contributed by atoms with E-state index in [1.807, 2.05) is 28.8 Å². The molecule has 0 amide bonds. The van der Waals surface area contributed by atoms with E-state index in [0.717, 1.165) is 37.2 Å². The second-order valence-electron chi connectivity index (χ2n) is 11.7. The molecule has 3 heterocycles. The van der Waals surface area contributed by atoms with Crippen LogP contribution in [0.2, 0.25) is 0 Å². The van der Waals surface area contributed by atoms with Crippen molar-refractivity contribution in [1.82, 2.24) is 18.7 Å². The van der Waals surface area contributed by atoms with Gasteiger partial charge in [-0.15, -0.1) is 0 Å². The van der Waals surface area contributed by atoms with E-state index in [4.69, 9.17) is 9.72 Å². The van der Waals surface area contributed by atoms with Crippen LogP contribution in [0, 0.1) is 0 Å². The smallest absolute Gasteiger partial charge is 0.332 e. The van der Waals surface area contributed by atoms with Crippen LogP contribution >= 0.6 is 0 Å². The zero-order valence-corrected chi connectivity index (χ0v) is 25.7. The van der Waals surface area contributed by atoms with Crippen LogP contribution in [0.5, 0.6) is 5.75 Å². The Morgan fingerprint density at radius 3 is 1.83 bits per heavy atom. The molecule has 0 aliphatic carbocycles. The Morgan fingerprint density at radius 1 is 0.756 bits per heavy atom. The fourth-order valence-corrected chi connectivity index (χ4v) is 6.10. The third-order valence-electron chi connectivity index (χ3n) is 8.62. The van der Waals surface area contributed by atoms with Crippen molar-refractivity contribution < 1.29 is 4.74 Å². The van der Waals surface area contributed by atoms with Gasteiger partial charge in [-0.25, -0.2) is 4.79 Å². The monoisotopic (exact) mass is 565 g/mol. The Balaban J connectivity index is 1.21. The predicted molar refractivity (Wildman–Crippen MR) is 169 cm³/mol. The number of nitrogens with zero attached hydrogens (tertiary/aromatic N) is 5. The summed E-state index contributed by atoms with van der Waals surface area (Å²) < 4.78 is 10.2. The highest BCUT2D eigenvalue weighted by Gasteiger charge is 2.28. The number of unbranched alkanes of at least 4 members (excludes halogenated alkanes) is 15. The summed E-state index contributed by atoms with van der Waals surface area (Å²) in [6, 6.07) is 7.81. The normalized spacial score (nSPS) is 12.9. The molecule has 1 aliphatic rings. The summed E-state index contributed by atoms with van der Waals surface area (Å²) in [5.74, 6) is 1.50. The van der Waals surface area contributed by atoms with Crippen molar-refractivity contribution >= 4 is 22.8 Å². The molecule has 4 rings (SSSR count). The lowest BCUT2D eigenvalue weighted by molar-refractivity contribution is 0.415. The number of methoxy groups -OCH3 is 1. The van der Waals surface area contributed by atoms with Gasteiger partial charge in [-0.2, -0.15) is 4.98 Å². The summed E-state index contributed by atoms with van der Waals surface area (Å²) in [4.78, 5) is 33.4. The Morgan fingerprint density at radius 2 is 1.29 bits per heavy atom. The number of imidazole rings is 1. The highest BCUT2D eigenvalue weighted by molar-refractivity contribution is 5.77. The number of benzene rings is 1. The van der Waals surface area contributed by atoms with Crippen molar-refractivity contribution in [2.75, 3.05) is 18.6 Å². The molecule has 8 heteroatoms. The number of hydrogen-bond acceptors (Lipinski definition) is 5. The number of anilines is 2. The molecule has 0 radical (unpaired) electrons. The SMILES string of the molecule is CCCCCCCCCCCCCCCCCCn1c(=O)c2c(nc3n2CCN3c2ccc(OC)cc2)n(C)c1=O. The van der Waals surface area contributed by atoms with Gasteiger partial charge in [-0.05, 0) is 30.7 Å². The van der Waals surface area contributed by atoms with Crippen LogP contribution in [0.4, 0.5) is 11.6 Å². The summed E-state index contributed by atoms with van der Waals surface area (Å²) in [5, 5.41) is 0. The van der Waals surface area contributed by atoms with Crippen LogP contribution in [0.1, 0.15) is 110 Å². The van der Waals surface area contributed by atoms with Gasteiger partial charge in [0.15, 0.2) is 11.2 Å². The number of aryl methyl sites for hydroxylation is 1. The minimum atomic E-state index is -0.281. The van der Waals surface area contributed by atoms with Gasteiger partial charge in [0.1, 0.15) is 5.75 Å². The maximum atomic E-state index is 13.5. The van der Waals surface area contributed by atoms with E-state index in [-0.39, 0.29) is 11.2 Å². The molecule has 0 bridgehead atoms. The number of ether oxygens (including phenoxy) is 1. The fourth-order valence-electron chi connectivity index (χ4n) is 6.10. The Kier molecular flexibility index (Phi) is 11.9. The van der Waals surface area contributed by atoms with Gasteiger partial charge in [0.2, 0.25) is 5.95 Å². The van der Waals surface area contributed by atoms with Crippen molar-refractivity contribution in [3.8, 4) is 5.75 Å². The summed E-state index contributed by atoms with van der Waals surface area (Å²) in [7, 11) is 3.37. The van der Waals surface area contributed by atoms with Crippen molar-refractivity contribution in [3.63, 3.8) is 0 Å². The van der Waals surface area contributed by atoms with E-state index in [0.29, 0.717) is 30.2 Å². The van der Waals surface area contributed by atoms with Crippen LogP contribution in [0.3, 0.4) is 0 Å². The number of fused-ring (bicyclic) bond motifs is 3. The first-order chi connectivity index (χ1) is 20.1. The van der Waals surface area contributed by atoms with E-state index in [1.165, 1.54) is 92.6 Å². The first-order valence-electron chi connectivity index (χ1n) is 16.2. The fraction of sp³-hybridized carbons (Fsp3) is 0.667. The third kappa shape index (κ3) is 7.83. The van der Waals surface area contributed by atoms with E-state index in [2.05, 4.69) is 11.8 Å². The van der Waals surface area contributed by atoms with E-state index >= 15 is 0 Å². The quantitative estimate of drug-likeness (QED) is 0.142. The van der Waals surface area contributed by atoms with Crippen molar-refractivity contribution in [2.24, 2.45) is 7.05 Å². The van der Waals surface area contributed by atoms with Crippen LogP contribution < -0.4 is 20.9 Å². The minimum absolute atomic E-state index is 0.223. The van der Waals surface area contributed by atoms with Crippen molar-refractivity contribution in [2.45, 2.75) is 123 Å². The van der Waals surface area contributed by atoms with Crippen molar-refractivity contribution in [1.29, 1.82) is 0 Å². The molecule has 41 heavy (non-hydrogen) atoms. The van der Waals surface area contributed by atoms with Crippen molar-refractivity contribution in [3.05, 3.63) is 45.1 Å². The molecule has 0 saturated carbocycles. The highest BCUT2D eigenvalue weighted by Crippen LogP contribution is 2.32. The molecule has 8 nitrogen and oxygen atoms in total. The molecule has 0 saturated heterocycles. The molecule has 3 aromatic rings. The molecule has 1 aliphatic heterocycles. The molecule has 0 unspecified atom stereocenters. The molecule has 0 fully saturated rings. The first-order valence-corrected chi connectivity index (χ1v) is 16.2. The van der Waals surface area contributed by atoms with Crippen LogP contribution in [-0.2, 0) is 20.1 Å². The van der Waals surface area contributed by atoms with Crippen LogP contribution in [0.15, 0.2) is 33.9 Å². The molecule has 2 aromatic heterocycles. The Bertz CT molecular complexity index is 1340. The van der Waals surface area contributed by atoms with Crippen LogP contribution in [0.25, 0.3) is 11.2 Å². The maximum Gasteiger partial charge on any atom is 0.332 e. The minimum Gasteiger partial charge on any atom is -0.497 e. The predicted octanol–water partition coefficient (Wildman–Crippen LogP) is 7.32. The molecular formula is C33H51N5O3. The number of rotatable bonds is 19. The maximum absolute atomic E-state index is 13.5. The first kappa shape index (κ1) is 30.9. The summed E-state index contributed by atoms with van der Waals surface area (Å²) in [6.07, 6.45) is 20.8. The second-order valence-corrected chi connectivity index (χ2v) is 11.7.